The number of hydrogen-bond donors (Lipinski definition) is 2. The van der Waals surface area contributed by atoms with Crippen molar-refractivity contribution < 1.29 is 9.53 Å². The zero-order valence-corrected chi connectivity index (χ0v) is 11.8. The lowest BCUT2D eigenvalue weighted by molar-refractivity contribution is -0.118. The smallest absolute Gasteiger partial charge is 0.262 e. The van der Waals surface area contributed by atoms with E-state index in [9.17, 15) is 4.79 Å². The van der Waals surface area contributed by atoms with Gasteiger partial charge in [-0.25, -0.2) is 0 Å². The summed E-state index contributed by atoms with van der Waals surface area (Å²) in [5, 5.41) is 3.28. The third kappa shape index (κ3) is 3.90. The molecule has 0 heterocycles. The molecule has 0 aliphatic heterocycles. The number of carbonyl (C=O) groups is 1. The third-order valence-electron chi connectivity index (χ3n) is 2.68. The van der Waals surface area contributed by atoms with Crippen LogP contribution in [0.4, 0.5) is 11.4 Å². The standard InChI is InChI=1S/C15H15ClN2O2/c1-10-5-6-11(16)7-14(10)20-9-15(19)18-13-4-2-3-12(17)8-13/h2-8H,9,17H2,1H3,(H,18,19). The van der Waals surface area contributed by atoms with Gasteiger partial charge in [-0.15, -0.1) is 0 Å². The lowest BCUT2D eigenvalue weighted by atomic mass is 10.2. The van der Waals surface area contributed by atoms with E-state index in [-0.39, 0.29) is 12.5 Å². The van der Waals surface area contributed by atoms with Gasteiger partial charge in [-0.2, -0.15) is 0 Å². The van der Waals surface area contributed by atoms with Crippen LogP contribution in [0.3, 0.4) is 0 Å². The Hall–Kier alpha value is -2.20. The third-order valence-corrected chi connectivity index (χ3v) is 2.91. The van der Waals surface area contributed by atoms with Crippen LogP contribution in [0.25, 0.3) is 0 Å². The number of benzene rings is 2. The maximum atomic E-state index is 11.8. The summed E-state index contributed by atoms with van der Waals surface area (Å²) in [6.45, 7) is 1.80. The van der Waals surface area contributed by atoms with Crippen molar-refractivity contribution in [3.63, 3.8) is 0 Å². The molecule has 0 aliphatic rings. The van der Waals surface area contributed by atoms with Gasteiger partial charge in [0.1, 0.15) is 5.75 Å². The van der Waals surface area contributed by atoms with Gasteiger partial charge in [0.05, 0.1) is 0 Å². The van der Waals surface area contributed by atoms with Crippen molar-refractivity contribution in [1.82, 2.24) is 0 Å². The highest BCUT2D eigenvalue weighted by Crippen LogP contribution is 2.22. The van der Waals surface area contributed by atoms with E-state index >= 15 is 0 Å². The predicted octanol–water partition coefficient (Wildman–Crippen LogP) is 3.25. The molecule has 2 aromatic rings. The van der Waals surface area contributed by atoms with Crippen molar-refractivity contribution in [2.24, 2.45) is 0 Å². The van der Waals surface area contributed by atoms with E-state index in [4.69, 9.17) is 22.1 Å². The molecule has 104 valence electrons. The highest BCUT2D eigenvalue weighted by molar-refractivity contribution is 6.30. The number of anilines is 2. The molecule has 2 aromatic carbocycles. The maximum Gasteiger partial charge on any atom is 0.262 e. The van der Waals surface area contributed by atoms with E-state index in [2.05, 4.69) is 5.32 Å². The zero-order chi connectivity index (χ0) is 14.5. The minimum Gasteiger partial charge on any atom is -0.483 e. The second-order valence-corrected chi connectivity index (χ2v) is 4.81. The molecule has 0 fully saturated rings. The number of ether oxygens (including phenoxy) is 1. The van der Waals surface area contributed by atoms with Crippen LogP contribution in [0.5, 0.6) is 5.75 Å². The Kier molecular flexibility index (Phi) is 4.48. The molecule has 1 amide bonds. The first-order valence-corrected chi connectivity index (χ1v) is 6.47. The van der Waals surface area contributed by atoms with Gasteiger partial charge >= 0.3 is 0 Å². The normalized spacial score (nSPS) is 10.1. The molecule has 0 atom stereocenters. The Bertz CT molecular complexity index is 629. The van der Waals surface area contributed by atoms with Crippen molar-refractivity contribution in [3.8, 4) is 5.75 Å². The van der Waals surface area contributed by atoms with Gasteiger partial charge in [-0.1, -0.05) is 23.7 Å². The van der Waals surface area contributed by atoms with Crippen LogP contribution >= 0.6 is 11.6 Å². The summed E-state index contributed by atoms with van der Waals surface area (Å²) in [7, 11) is 0. The van der Waals surface area contributed by atoms with Crippen LogP contribution < -0.4 is 15.8 Å². The zero-order valence-electron chi connectivity index (χ0n) is 11.0. The minimum absolute atomic E-state index is 0.0873. The van der Waals surface area contributed by atoms with E-state index in [1.807, 2.05) is 13.0 Å². The van der Waals surface area contributed by atoms with Crippen molar-refractivity contribution in [3.05, 3.63) is 53.1 Å². The minimum atomic E-state index is -0.255. The van der Waals surface area contributed by atoms with E-state index in [0.717, 1.165) is 5.56 Å². The first-order valence-electron chi connectivity index (χ1n) is 6.09. The number of hydrogen-bond acceptors (Lipinski definition) is 3. The fraction of sp³-hybridized carbons (Fsp3) is 0.133. The molecular formula is C15H15ClN2O2. The van der Waals surface area contributed by atoms with Gasteiger partial charge < -0.3 is 15.8 Å². The number of carbonyl (C=O) groups excluding carboxylic acids is 1. The number of amides is 1. The predicted molar refractivity (Wildman–Crippen MR) is 81.2 cm³/mol. The van der Waals surface area contributed by atoms with Gasteiger partial charge in [0.2, 0.25) is 0 Å². The molecule has 2 rings (SSSR count). The quantitative estimate of drug-likeness (QED) is 0.850. The SMILES string of the molecule is Cc1ccc(Cl)cc1OCC(=O)Nc1cccc(N)c1. The Balaban J connectivity index is 1.94. The Morgan fingerprint density at radius 1 is 1.30 bits per heavy atom. The topological polar surface area (TPSA) is 64.3 Å². The largest absolute Gasteiger partial charge is 0.483 e. The van der Waals surface area contributed by atoms with E-state index in [1.54, 1.807) is 36.4 Å². The van der Waals surface area contributed by atoms with E-state index in [1.165, 1.54) is 0 Å². The first kappa shape index (κ1) is 14.2. The molecule has 0 spiro atoms. The number of nitrogen functional groups attached to an aromatic ring is 1. The summed E-state index contributed by atoms with van der Waals surface area (Å²) >= 11 is 5.88. The molecule has 20 heavy (non-hydrogen) atoms. The van der Waals surface area contributed by atoms with Crippen LogP contribution in [-0.4, -0.2) is 12.5 Å². The monoisotopic (exact) mass is 290 g/mol. The van der Waals surface area contributed by atoms with Gasteiger partial charge in [-0.3, -0.25) is 4.79 Å². The molecule has 3 N–H and O–H groups in total. The summed E-state index contributed by atoms with van der Waals surface area (Å²) in [6.07, 6.45) is 0. The highest BCUT2D eigenvalue weighted by atomic mass is 35.5. The fourth-order valence-electron chi connectivity index (χ4n) is 1.69. The fourth-order valence-corrected chi connectivity index (χ4v) is 1.85. The van der Waals surface area contributed by atoms with Crippen molar-refractivity contribution in [1.29, 1.82) is 0 Å². The lowest BCUT2D eigenvalue weighted by Crippen LogP contribution is -2.20. The van der Waals surface area contributed by atoms with Crippen molar-refractivity contribution in [2.45, 2.75) is 6.92 Å². The molecule has 0 aromatic heterocycles. The number of nitrogens with two attached hydrogens (primary N) is 1. The molecule has 0 unspecified atom stereocenters. The van der Waals surface area contributed by atoms with E-state index < -0.39 is 0 Å². The number of halogens is 1. The Labute approximate surface area is 122 Å². The van der Waals surface area contributed by atoms with Crippen LogP contribution in [-0.2, 0) is 4.79 Å². The lowest BCUT2D eigenvalue weighted by Gasteiger charge is -2.10. The molecule has 4 nitrogen and oxygen atoms in total. The van der Waals surface area contributed by atoms with Crippen LogP contribution in [0, 0.1) is 6.92 Å². The summed E-state index contributed by atoms with van der Waals surface area (Å²) in [4.78, 5) is 11.8. The summed E-state index contributed by atoms with van der Waals surface area (Å²) in [5.74, 6) is 0.343. The summed E-state index contributed by atoms with van der Waals surface area (Å²) in [6, 6.07) is 12.3. The average Bonchev–Trinajstić information content (AvgIpc) is 2.40. The molecule has 0 saturated carbocycles. The number of aryl methyl sites for hydroxylation is 1. The number of rotatable bonds is 4. The molecule has 0 bridgehead atoms. The molecule has 5 heteroatoms. The van der Waals surface area contributed by atoms with Crippen LogP contribution in [0.1, 0.15) is 5.56 Å². The van der Waals surface area contributed by atoms with Gasteiger partial charge in [0.15, 0.2) is 6.61 Å². The first-order chi connectivity index (χ1) is 9.54. The van der Waals surface area contributed by atoms with E-state index in [0.29, 0.717) is 22.1 Å². The Morgan fingerprint density at radius 3 is 2.85 bits per heavy atom. The second-order valence-electron chi connectivity index (χ2n) is 4.37. The van der Waals surface area contributed by atoms with Gasteiger partial charge in [-0.05, 0) is 42.8 Å². The van der Waals surface area contributed by atoms with Gasteiger partial charge in [0.25, 0.3) is 5.91 Å². The maximum absolute atomic E-state index is 11.8. The molecule has 0 radical (unpaired) electrons. The molecule has 0 saturated heterocycles. The van der Waals surface area contributed by atoms with Crippen molar-refractivity contribution in [2.75, 3.05) is 17.7 Å². The summed E-state index contributed by atoms with van der Waals surface area (Å²) < 4.78 is 5.45. The Morgan fingerprint density at radius 2 is 2.10 bits per heavy atom. The molecule has 0 aliphatic carbocycles. The second kappa shape index (κ2) is 6.30. The van der Waals surface area contributed by atoms with Gasteiger partial charge in [0, 0.05) is 16.4 Å². The number of nitrogens with one attached hydrogen (secondary N) is 1. The highest BCUT2D eigenvalue weighted by Gasteiger charge is 2.06. The van der Waals surface area contributed by atoms with Crippen molar-refractivity contribution >= 4 is 28.9 Å². The average molecular weight is 291 g/mol. The van der Waals surface area contributed by atoms with Crippen LogP contribution in [0.2, 0.25) is 5.02 Å². The molecular weight excluding hydrogens is 276 g/mol. The summed E-state index contributed by atoms with van der Waals surface area (Å²) in [5.41, 5.74) is 7.79. The van der Waals surface area contributed by atoms with Crippen LogP contribution in [0.15, 0.2) is 42.5 Å².